The highest BCUT2D eigenvalue weighted by Gasteiger charge is 2.12. The summed E-state index contributed by atoms with van der Waals surface area (Å²) < 4.78 is 2.10. The van der Waals surface area contributed by atoms with E-state index in [-0.39, 0.29) is 0 Å². The van der Waals surface area contributed by atoms with E-state index in [1.54, 1.807) is 11.3 Å². The van der Waals surface area contributed by atoms with Crippen LogP contribution >= 0.6 is 11.3 Å². The second-order valence-electron chi connectivity index (χ2n) is 4.92. The number of fused-ring (bicyclic) bond motifs is 1. The summed E-state index contributed by atoms with van der Waals surface area (Å²) >= 11 is 1.71. The van der Waals surface area contributed by atoms with Crippen LogP contribution in [-0.2, 0) is 19.4 Å². The zero-order chi connectivity index (χ0) is 14.7. The number of imidazole rings is 1. The molecule has 0 aliphatic carbocycles. The Morgan fingerprint density at radius 1 is 1.29 bits per heavy atom. The Morgan fingerprint density at radius 3 is 2.95 bits per heavy atom. The van der Waals surface area contributed by atoms with Gasteiger partial charge in [0.2, 0.25) is 0 Å². The number of benzene rings is 1. The zero-order valence-corrected chi connectivity index (χ0v) is 12.7. The number of nitriles is 1. The van der Waals surface area contributed by atoms with E-state index >= 15 is 0 Å². The minimum absolute atomic E-state index is 0.320. The molecule has 5 heteroatoms. The predicted octanol–water partition coefficient (Wildman–Crippen LogP) is 3.56. The van der Waals surface area contributed by atoms with Crippen LogP contribution in [0.4, 0.5) is 0 Å². The van der Waals surface area contributed by atoms with Gasteiger partial charge < -0.3 is 4.57 Å². The largest absolute Gasteiger partial charge is 0.321 e. The van der Waals surface area contributed by atoms with E-state index in [9.17, 15) is 0 Å². The second-order valence-corrected chi connectivity index (χ2v) is 5.86. The van der Waals surface area contributed by atoms with Crippen LogP contribution in [0.15, 0.2) is 29.6 Å². The van der Waals surface area contributed by atoms with Crippen molar-refractivity contribution in [2.75, 3.05) is 0 Å². The Labute approximate surface area is 127 Å². The molecule has 0 radical (unpaired) electrons. The molecule has 0 spiro atoms. The molecule has 0 N–H and O–H groups in total. The molecule has 0 saturated carbocycles. The molecule has 2 heterocycles. The maximum atomic E-state index is 8.99. The van der Waals surface area contributed by atoms with Gasteiger partial charge in [0.15, 0.2) is 0 Å². The molecule has 0 amide bonds. The van der Waals surface area contributed by atoms with Crippen molar-refractivity contribution in [1.29, 1.82) is 5.26 Å². The molecular formula is C16H16N4S. The fraction of sp³-hybridized carbons (Fsp3) is 0.312. The van der Waals surface area contributed by atoms with Crippen LogP contribution < -0.4 is 0 Å². The van der Waals surface area contributed by atoms with Gasteiger partial charge in [-0.3, -0.25) is 0 Å². The first-order valence-corrected chi connectivity index (χ1v) is 7.94. The Morgan fingerprint density at radius 2 is 2.14 bits per heavy atom. The summed E-state index contributed by atoms with van der Waals surface area (Å²) in [6.45, 7) is 2.84. The van der Waals surface area contributed by atoms with Crippen LogP contribution in [0, 0.1) is 11.3 Å². The topological polar surface area (TPSA) is 54.5 Å². The monoisotopic (exact) mass is 296 g/mol. The van der Waals surface area contributed by atoms with Gasteiger partial charge in [0.25, 0.3) is 0 Å². The molecule has 0 atom stereocenters. The van der Waals surface area contributed by atoms with Crippen LogP contribution in [0.3, 0.4) is 0 Å². The lowest BCUT2D eigenvalue weighted by atomic mass is 10.3. The van der Waals surface area contributed by atoms with Crippen LogP contribution in [0.5, 0.6) is 0 Å². The fourth-order valence-corrected chi connectivity index (χ4v) is 3.31. The Bertz CT molecular complexity index is 794. The summed E-state index contributed by atoms with van der Waals surface area (Å²) in [6.07, 6.45) is 2.46. The third kappa shape index (κ3) is 2.81. The summed E-state index contributed by atoms with van der Waals surface area (Å²) in [6, 6.07) is 10.2. The van der Waals surface area contributed by atoms with Crippen molar-refractivity contribution in [3.63, 3.8) is 0 Å². The van der Waals surface area contributed by atoms with E-state index in [2.05, 4.69) is 32.9 Å². The smallest absolute Gasteiger partial charge is 0.124 e. The molecular weight excluding hydrogens is 280 g/mol. The molecule has 3 rings (SSSR count). The van der Waals surface area contributed by atoms with E-state index < -0.39 is 0 Å². The van der Waals surface area contributed by atoms with Crippen molar-refractivity contribution in [2.24, 2.45) is 0 Å². The molecule has 106 valence electrons. The summed E-state index contributed by atoms with van der Waals surface area (Å²) in [5.41, 5.74) is 3.05. The van der Waals surface area contributed by atoms with Crippen LogP contribution in [0.1, 0.15) is 29.9 Å². The standard InChI is InChI=1S/C16H16N4S/c1-2-5-16-18-12(11-21-16)10-20-14-7-4-3-6-13(14)19-15(20)8-9-17/h3-4,6-7,11H,2,5,8,10H2,1H3. The van der Waals surface area contributed by atoms with Crippen LogP contribution in [0.25, 0.3) is 11.0 Å². The summed E-state index contributed by atoms with van der Waals surface area (Å²) in [5, 5.41) is 12.3. The van der Waals surface area contributed by atoms with Gasteiger partial charge in [0, 0.05) is 5.38 Å². The third-order valence-corrected chi connectivity index (χ3v) is 4.31. The number of aryl methyl sites for hydroxylation is 1. The first-order chi connectivity index (χ1) is 10.3. The van der Waals surface area contributed by atoms with Gasteiger partial charge in [-0.15, -0.1) is 11.3 Å². The molecule has 0 fully saturated rings. The van der Waals surface area contributed by atoms with E-state index in [0.29, 0.717) is 13.0 Å². The third-order valence-electron chi connectivity index (χ3n) is 3.35. The molecule has 0 aliphatic rings. The van der Waals surface area contributed by atoms with Crippen molar-refractivity contribution in [1.82, 2.24) is 14.5 Å². The number of para-hydroxylation sites is 2. The number of rotatable bonds is 5. The lowest BCUT2D eigenvalue weighted by Gasteiger charge is -2.05. The minimum Gasteiger partial charge on any atom is -0.321 e. The Kier molecular flexibility index (Phi) is 3.98. The van der Waals surface area contributed by atoms with Gasteiger partial charge in [-0.2, -0.15) is 5.26 Å². The number of hydrogen-bond donors (Lipinski definition) is 0. The molecule has 0 aliphatic heterocycles. The molecule has 21 heavy (non-hydrogen) atoms. The predicted molar refractivity (Wildman–Crippen MR) is 84.3 cm³/mol. The Balaban J connectivity index is 1.97. The van der Waals surface area contributed by atoms with Crippen molar-refractivity contribution >= 4 is 22.4 Å². The Hall–Kier alpha value is -2.19. The van der Waals surface area contributed by atoms with Crippen molar-refractivity contribution in [3.05, 3.63) is 46.2 Å². The molecule has 0 saturated heterocycles. The molecule has 4 nitrogen and oxygen atoms in total. The van der Waals surface area contributed by atoms with Gasteiger partial charge in [0.1, 0.15) is 5.82 Å². The van der Waals surface area contributed by atoms with Gasteiger partial charge in [-0.05, 0) is 25.0 Å². The number of aromatic nitrogens is 3. The van der Waals surface area contributed by atoms with Gasteiger partial charge in [0.05, 0.1) is 40.8 Å². The van der Waals surface area contributed by atoms with Crippen molar-refractivity contribution in [3.8, 4) is 6.07 Å². The van der Waals surface area contributed by atoms with E-state index in [1.807, 2.05) is 24.3 Å². The van der Waals surface area contributed by atoms with Crippen molar-refractivity contribution < 1.29 is 0 Å². The van der Waals surface area contributed by atoms with E-state index in [1.165, 1.54) is 5.01 Å². The van der Waals surface area contributed by atoms with Gasteiger partial charge in [-0.1, -0.05) is 19.1 Å². The maximum absolute atomic E-state index is 8.99. The highest BCUT2D eigenvalue weighted by atomic mass is 32.1. The van der Waals surface area contributed by atoms with E-state index in [0.717, 1.165) is 35.4 Å². The van der Waals surface area contributed by atoms with Gasteiger partial charge in [-0.25, -0.2) is 9.97 Å². The lowest BCUT2D eigenvalue weighted by Crippen LogP contribution is -2.05. The minimum atomic E-state index is 0.320. The molecule has 2 aromatic heterocycles. The average Bonchev–Trinajstić information content (AvgIpc) is 3.06. The number of thiazole rings is 1. The average molecular weight is 296 g/mol. The molecule has 0 unspecified atom stereocenters. The maximum Gasteiger partial charge on any atom is 0.124 e. The zero-order valence-electron chi connectivity index (χ0n) is 11.9. The fourth-order valence-electron chi connectivity index (χ4n) is 2.42. The van der Waals surface area contributed by atoms with Crippen molar-refractivity contribution in [2.45, 2.75) is 32.7 Å². The number of hydrogen-bond acceptors (Lipinski definition) is 4. The molecule has 0 bridgehead atoms. The summed E-state index contributed by atoms with van der Waals surface area (Å²) in [7, 11) is 0. The highest BCUT2D eigenvalue weighted by Crippen LogP contribution is 2.19. The van der Waals surface area contributed by atoms with Crippen LogP contribution in [0.2, 0.25) is 0 Å². The quantitative estimate of drug-likeness (QED) is 0.723. The van der Waals surface area contributed by atoms with E-state index in [4.69, 9.17) is 5.26 Å². The van der Waals surface area contributed by atoms with Gasteiger partial charge >= 0.3 is 0 Å². The lowest BCUT2D eigenvalue weighted by molar-refractivity contribution is 0.749. The second kappa shape index (κ2) is 6.06. The normalized spacial score (nSPS) is 10.9. The summed E-state index contributed by atoms with van der Waals surface area (Å²) in [5.74, 6) is 0.809. The van der Waals surface area contributed by atoms with Crippen LogP contribution in [-0.4, -0.2) is 14.5 Å². The molecule has 1 aromatic carbocycles. The molecule has 3 aromatic rings. The summed E-state index contributed by atoms with van der Waals surface area (Å²) in [4.78, 5) is 9.23. The highest BCUT2D eigenvalue weighted by molar-refractivity contribution is 7.09. The first kappa shape index (κ1) is 13.8. The number of nitrogens with zero attached hydrogens (tertiary/aromatic N) is 4. The SMILES string of the molecule is CCCc1nc(Cn2c(CC#N)nc3ccccc32)cs1. The first-order valence-electron chi connectivity index (χ1n) is 7.06.